The number of ketones is 1. The lowest BCUT2D eigenvalue weighted by molar-refractivity contribution is -0.127. The van der Waals surface area contributed by atoms with E-state index in [0.717, 1.165) is 5.57 Å². The molecule has 1 unspecified atom stereocenters. The summed E-state index contributed by atoms with van der Waals surface area (Å²) in [6.07, 6.45) is 0.181. The Labute approximate surface area is 78.4 Å². The van der Waals surface area contributed by atoms with E-state index in [-0.39, 0.29) is 18.8 Å². The van der Waals surface area contributed by atoms with E-state index in [4.69, 9.17) is 15.6 Å². The monoisotopic (exact) mass is 187 g/mol. The largest absolute Gasteiger partial charge is 0.394 e. The summed E-state index contributed by atoms with van der Waals surface area (Å²) in [5, 5.41) is 8.94. The molecule has 0 aromatic rings. The Balaban J connectivity index is 4.37. The van der Waals surface area contributed by atoms with Gasteiger partial charge < -0.3 is 15.6 Å². The first-order valence-electron chi connectivity index (χ1n) is 4.02. The summed E-state index contributed by atoms with van der Waals surface area (Å²) in [5.41, 5.74) is 5.08. The molecule has 0 aromatic carbocycles. The zero-order valence-corrected chi connectivity index (χ0v) is 8.17. The van der Waals surface area contributed by atoms with Crippen molar-refractivity contribution >= 4 is 5.78 Å². The number of Topliss-reactive ketones (excluding diaryl/α,β-unsaturated/α-hetero) is 1. The summed E-state index contributed by atoms with van der Waals surface area (Å²) >= 11 is 0. The molecule has 4 heteroatoms. The third-order valence-electron chi connectivity index (χ3n) is 1.70. The summed E-state index contributed by atoms with van der Waals surface area (Å²) < 4.78 is 4.77. The fraction of sp³-hybridized carbons (Fsp3) is 0.667. The van der Waals surface area contributed by atoms with E-state index in [2.05, 4.69) is 6.58 Å². The van der Waals surface area contributed by atoms with Crippen LogP contribution in [0.25, 0.3) is 0 Å². The highest BCUT2D eigenvalue weighted by Crippen LogP contribution is 2.09. The molecule has 13 heavy (non-hydrogen) atoms. The molecular formula is C9H17NO3. The molecule has 0 heterocycles. The summed E-state index contributed by atoms with van der Waals surface area (Å²) in [7, 11) is 1.44. The van der Waals surface area contributed by atoms with Gasteiger partial charge in [-0.1, -0.05) is 12.2 Å². The summed E-state index contributed by atoms with van der Waals surface area (Å²) in [5.74, 6) is -0.246. The number of hydrogen-bond donors (Lipinski definition) is 2. The van der Waals surface area contributed by atoms with Crippen LogP contribution in [-0.2, 0) is 9.53 Å². The predicted molar refractivity (Wildman–Crippen MR) is 50.3 cm³/mol. The second-order valence-corrected chi connectivity index (χ2v) is 3.30. The number of aliphatic hydroxyl groups is 1. The van der Waals surface area contributed by atoms with Gasteiger partial charge >= 0.3 is 0 Å². The number of hydrogen-bond acceptors (Lipinski definition) is 4. The number of methoxy groups -OCH3 is 1. The Kier molecular flexibility index (Phi) is 4.83. The fourth-order valence-corrected chi connectivity index (χ4v) is 0.922. The van der Waals surface area contributed by atoms with Crippen molar-refractivity contribution in [2.75, 3.05) is 20.3 Å². The van der Waals surface area contributed by atoms with Gasteiger partial charge in [-0.15, -0.1) is 0 Å². The molecule has 3 N–H and O–H groups in total. The molecular weight excluding hydrogens is 170 g/mol. The molecule has 0 aliphatic rings. The molecule has 0 amide bonds. The van der Waals surface area contributed by atoms with E-state index < -0.39 is 12.1 Å². The van der Waals surface area contributed by atoms with Crippen molar-refractivity contribution < 1.29 is 14.6 Å². The molecule has 0 saturated heterocycles. The number of ether oxygens (including phenoxy) is 1. The zero-order chi connectivity index (χ0) is 10.5. The maximum absolute atomic E-state index is 11.5. The molecule has 4 nitrogen and oxygen atoms in total. The topological polar surface area (TPSA) is 72.6 Å². The van der Waals surface area contributed by atoms with Crippen LogP contribution in [0.15, 0.2) is 12.2 Å². The van der Waals surface area contributed by atoms with Gasteiger partial charge in [0.25, 0.3) is 0 Å². The van der Waals surface area contributed by atoms with Crippen molar-refractivity contribution in [1.29, 1.82) is 0 Å². The van der Waals surface area contributed by atoms with Crippen LogP contribution < -0.4 is 5.73 Å². The highest BCUT2D eigenvalue weighted by molar-refractivity contribution is 5.90. The van der Waals surface area contributed by atoms with E-state index in [1.54, 1.807) is 6.92 Å². The van der Waals surface area contributed by atoms with Gasteiger partial charge in [-0.2, -0.15) is 0 Å². The third kappa shape index (κ3) is 3.67. The van der Waals surface area contributed by atoms with Crippen LogP contribution in [0.5, 0.6) is 0 Å². The van der Waals surface area contributed by atoms with Crippen LogP contribution in [0.2, 0.25) is 0 Å². The van der Waals surface area contributed by atoms with Crippen LogP contribution in [-0.4, -0.2) is 36.8 Å². The number of allylic oxidation sites excluding steroid dienone is 1. The quantitative estimate of drug-likeness (QED) is 0.568. The Morgan fingerprint density at radius 1 is 1.69 bits per heavy atom. The van der Waals surface area contributed by atoms with Gasteiger partial charge in [0.05, 0.1) is 13.2 Å². The average molecular weight is 187 g/mol. The number of carbonyl (C=O) groups excluding carboxylic acids is 1. The highest BCUT2D eigenvalue weighted by atomic mass is 16.5. The lowest BCUT2D eigenvalue weighted by Crippen LogP contribution is -2.55. The van der Waals surface area contributed by atoms with Gasteiger partial charge in [0.2, 0.25) is 0 Å². The van der Waals surface area contributed by atoms with Crippen LogP contribution in [0.3, 0.4) is 0 Å². The fourth-order valence-electron chi connectivity index (χ4n) is 0.922. The Bertz CT molecular complexity index is 203. The van der Waals surface area contributed by atoms with Crippen LogP contribution in [0, 0.1) is 0 Å². The molecule has 0 rings (SSSR count). The molecule has 0 aliphatic carbocycles. The Morgan fingerprint density at radius 3 is 2.54 bits per heavy atom. The predicted octanol–water partition coefficient (Wildman–Crippen LogP) is -0.142. The van der Waals surface area contributed by atoms with Gasteiger partial charge in [0.15, 0.2) is 5.78 Å². The Hall–Kier alpha value is -0.710. The maximum Gasteiger partial charge on any atom is 0.161 e. The molecule has 0 spiro atoms. The smallest absolute Gasteiger partial charge is 0.161 e. The molecule has 1 atom stereocenters. The average Bonchev–Trinajstić information content (AvgIpc) is 2.03. The molecule has 76 valence electrons. The standard InChI is InChI=1S/C9H17NO3/c1-7(2)4-8(12)9(10,5-11)6-13-3/h11H,1,4-6,10H2,2-3H3. The minimum absolute atomic E-state index is 0.0234. The van der Waals surface area contributed by atoms with Crippen molar-refractivity contribution in [3.8, 4) is 0 Å². The third-order valence-corrected chi connectivity index (χ3v) is 1.70. The first kappa shape index (κ1) is 12.3. The molecule has 0 saturated carbocycles. The van der Waals surface area contributed by atoms with E-state index in [1.165, 1.54) is 7.11 Å². The molecule has 0 aliphatic heterocycles. The number of carbonyl (C=O) groups is 1. The zero-order valence-electron chi connectivity index (χ0n) is 8.17. The molecule has 0 aromatic heterocycles. The Morgan fingerprint density at radius 2 is 2.23 bits per heavy atom. The second kappa shape index (κ2) is 5.11. The number of rotatable bonds is 6. The van der Waals surface area contributed by atoms with Gasteiger partial charge in [-0.3, -0.25) is 4.79 Å². The van der Waals surface area contributed by atoms with Gasteiger partial charge in [-0.05, 0) is 6.92 Å². The summed E-state index contributed by atoms with van der Waals surface area (Å²) in [6.45, 7) is 4.96. The van der Waals surface area contributed by atoms with E-state index in [9.17, 15) is 4.79 Å². The van der Waals surface area contributed by atoms with Crippen LogP contribution >= 0.6 is 0 Å². The van der Waals surface area contributed by atoms with Crippen molar-refractivity contribution in [1.82, 2.24) is 0 Å². The first-order valence-corrected chi connectivity index (χ1v) is 4.02. The second-order valence-electron chi connectivity index (χ2n) is 3.30. The van der Waals surface area contributed by atoms with Crippen LogP contribution in [0.4, 0.5) is 0 Å². The van der Waals surface area contributed by atoms with Crippen LogP contribution in [0.1, 0.15) is 13.3 Å². The van der Waals surface area contributed by atoms with Gasteiger partial charge in [0.1, 0.15) is 5.54 Å². The van der Waals surface area contributed by atoms with Crippen molar-refractivity contribution in [3.05, 3.63) is 12.2 Å². The molecule has 0 radical (unpaired) electrons. The summed E-state index contributed by atoms with van der Waals surface area (Å²) in [4.78, 5) is 11.5. The number of aliphatic hydroxyl groups excluding tert-OH is 1. The first-order chi connectivity index (χ1) is 5.96. The minimum atomic E-state index is -1.28. The molecule has 0 fully saturated rings. The van der Waals surface area contributed by atoms with Crippen molar-refractivity contribution in [2.45, 2.75) is 18.9 Å². The van der Waals surface area contributed by atoms with Crippen molar-refractivity contribution in [3.63, 3.8) is 0 Å². The minimum Gasteiger partial charge on any atom is -0.394 e. The maximum atomic E-state index is 11.5. The van der Waals surface area contributed by atoms with Crippen molar-refractivity contribution in [2.24, 2.45) is 5.73 Å². The highest BCUT2D eigenvalue weighted by Gasteiger charge is 2.32. The lowest BCUT2D eigenvalue weighted by atomic mass is 9.93. The van der Waals surface area contributed by atoms with Gasteiger partial charge in [0, 0.05) is 13.5 Å². The lowest BCUT2D eigenvalue weighted by Gasteiger charge is -2.24. The SMILES string of the molecule is C=C(C)CC(=O)C(N)(CO)COC. The molecule has 0 bridgehead atoms. The van der Waals surface area contributed by atoms with Gasteiger partial charge in [-0.25, -0.2) is 0 Å². The summed E-state index contributed by atoms with van der Waals surface area (Å²) in [6, 6.07) is 0. The van der Waals surface area contributed by atoms with E-state index in [0.29, 0.717) is 0 Å². The van der Waals surface area contributed by atoms with E-state index >= 15 is 0 Å². The number of nitrogens with two attached hydrogens (primary N) is 1. The normalized spacial score (nSPS) is 15.1. The van der Waals surface area contributed by atoms with E-state index in [1.807, 2.05) is 0 Å².